The van der Waals surface area contributed by atoms with Crippen LogP contribution in [0.1, 0.15) is 61.8 Å². The van der Waals surface area contributed by atoms with Crippen LogP contribution in [0.5, 0.6) is 11.5 Å². The van der Waals surface area contributed by atoms with Gasteiger partial charge in [0.1, 0.15) is 23.1 Å². The quantitative estimate of drug-likeness (QED) is 0.193. The summed E-state index contributed by atoms with van der Waals surface area (Å²) in [5.74, 6) is -4.26. The van der Waals surface area contributed by atoms with Crippen LogP contribution in [0.25, 0.3) is 0 Å². The largest absolute Gasteiger partial charge is 0.534 e. The van der Waals surface area contributed by atoms with E-state index in [1.54, 1.807) is 13.8 Å². The molecule has 0 fully saturated rings. The molecule has 0 bridgehead atoms. The third-order valence-electron chi connectivity index (χ3n) is 5.26. The van der Waals surface area contributed by atoms with Gasteiger partial charge in [0.25, 0.3) is 0 Å². The normalized spacial score (nSPS) is 11.6. The Morgan fingerprint density at radius 1 is 0.821 bits per heavy atom. The lowest BCUT2D eigenvalue weighted by molar-refractivity contribution is -0.140. The Kier molecular flexibility index (Phi) is 11.7. The van der Waals surface area contributed by atoms with Crippen molar-refractivity contribution in [2.24, 2.45) is 0 Å². The first-order valence-electron chi connectivity index (χ1n) is 11.3. The average Bonchev–Trinajstić information content (AvgIpc) is 2.80. The minimum Gasteiger partial charge on any atom is -0.508 e. The summed E-state index contributed by atoms with van der Waals surface area (Å²) in [6.45, 7) is 6.93. The summed E-state index contributed by atoms with van der Waals surface area (Å²) in [4.78, 5) is 22.6. The molecule has 14 heteroatoms. The third-order valence-corrected chi connectivity index (χ3v) is 6.22. The summed E-state index contributed by atoms with van der Waals surface area (Å²) in [6.07, 6.45) is -0.608. The first-order chi connectivity index (χ1) is 17.8. The zero-order valence-corrected chi connectivity index (χ0v) is 22.8. The van der Waals surface area contributed by atoms with E-state index in [0.717, 1.165) is 19.2 Å². The van der Waals surface area contributed by atoms with Crippen LogP contribution in [-0.2, 0) is 42.0 Å². The fourth-order valence-corrected chi connectivity index (χ4v) is 3.84. The summed E-state index contributed by atoms with van der Waals surface area (Å²) in [5.41, 5.74) is -4.66. The number of methoxy groups -OCH3 is 2. The second kappa shape index (κ2) is 13.6. The summed E-state index contributed by atoms with van der Waals surface area (Å²) in [6, 6.07) is 3.82. The Morgan fingerprint density at radius 3 is 1.64 bits per heavy atom. The number of benzene rings is 2. The highest BCUT2D eigenvalue weighted by atomic mass is 32.2. The number of carbonyl (C=O) groups is 2. The van der Waals surface area contributed by atoms with E-state index in [2.05, 4.69) is 13.7 Å². The Balaban J connectivity index is 0.000000416. The number of esters is 2. The monoisotopic (exact) mass is 584 g/mol. The molecule has 0 aliphatic carbocycles. The van der Waals surface area contributed by atoms with Gasteiger partial charge in [-0.2, -0.15) is 21.6 Å². The average molecular weight is 585 g/mol. The molecule has 0 saturated carbocycles. The van der Waals surface area contributed by atoms with Crippen molar-refractivity contribution in [3.8, 4) is 11.5 Å². The molecule has 2 aromatic carbocycles. The molecule has 39 heavy (non-hydrogen) atoms. The van der Waals surface area contributed by atoms with Crippen LogP contribution in [0, 0.1) is 11.6 Å². The molecule has 0 aliphatic rings. The van der Waals surface area contributed by atoms with E-state index in [4.69, 9.17) is 0 Å². The lowest BCUT2D eigenvalue weighted by atomic mass is 9.94. The van der Waals surface area contributed by atoms with Crippen LogP contribution < -0.4 is 4.18 Å². The highest BCUT2D eigenvalue weighted by Crippen LogP contribution is 2.34. The third kappa shape index (κ3) is 9.37. The van der Waals surface area contributed by atoms with Gasteiger partial charge in [0.15, 0.2) is 0 Å². The van der Waals surface area contributed by atoms with E-state index < -0.39 is 57.3 Å². The Hall–Kier alpha value is -3.42. The fourth-order valence-electron chi connectivity index (χ4n) is 3.36. The van der Waals surface area contributed by atoms with E-state index in [9.17, 15) is 45.1 Å². The number of phenols is 1. The maximum absolute atomic E-state index is 13.6. The molecule has 1 N–H and O–H groups in total. The maximum Gasteiger partial charge on any atom is 0.534 e. The van der Waals surface area contributed by atoms with Crippen LogP contribution in [0.15, 0.2) is 24.3 Å². The highest BCUT2D eigenvalue weighted by Gasteiger charge is 2.49. The van der Waals surface area contributed by atoms with Crippen molar-refractivity contribution in [2.45, 2.75) is 57.9 Å². The first kappa shape index (κ1) is 33.6. The molecule has 2 rings (SSSR count). The standard InChI is InChI=1S/C13H14F4O5S.C12H15FO3/c1-7(2)9-4-8(14)5-11(10(9)6-12(18)21-3)22-23(19,20)13(15,16)17;1-7(2)9-4-8(13)5-11(14)10(9)6-12(15)16-3/h4-5,7H,6H2,1-3H3;4-5,7,14H,6H2,1-3H3. The fraction of sp³-hybridized carbons (Fsp3) is 0.440. The zero-order chi connectivity index (χ0) is 30.3. The molecule has 218 valence electrons. The molecule has 2 aromatic rings. The van der Waals surface area contributed by atoms with E-state index in [1.807, 2.05) is 13.8 Å². The minimum atomic E-state index is -5.99. The number of phenolic OH excluding ortho intramolecular Hbond substituents is 1. The number of ether oxygens (including phenoxy) is 2. The number of aromatic hydroxyl groups is 1. The molecule has 0 saturated heterocycles. The summed E-state index contributed by atoms with van der Waals surface area (Å²) in [5, 5.41) is 9.62. The van der Waals surface area contributed by atoms with Gasteiger partial charge in [0, 0.05) is 23.3 Å². The van der Waals surface area contributed by atoms with Crippen LogP contribution in [0.3, 0.4) is 0 Å². The van der Waals surface area contributed by atoms with E-state index in [0.29, 0.717) is 17.2 Å². The molecule has 0 spiro atoms. The second-order valence-electron chi connectivity index (χ2n) is 8.76. The van der Waals surface area contributed by atoms with Crippen molar-refractivity contribution in [2.75, 3.05) is 14.2 Å². The number of hydrogen-bond acceptors (Lipinski definition) is 8. The smallest absolute Gasteiger partial charge is 0.508 e. The van der Waals surface area contributed by atoms with Gasteiger partial charge in [-0.3, -0.25) is 9.59 Å². The Bertz CT molecular complexity index is 1290. The van der Waals surface area contributed by atoms with Gasteiger partial charge >= 0.3 is 27.6 Å². The molecule has 0 aliphatic heterocycles. The first-order valence-corrected chi connectivity index (χ1v) is 12.7. The molecule has 0 unspecified atom stereocenters. The van der Waals surface area contributed by atoms with Crippen molar-refractivity contribution in [3.05, 3.63) is 58.2 Å². The number of hydrogen-bond donors (Lipinski definition) is 1. The highest BCUT2D eigenvalue weighted by molar-refractivity contribution is 7.88. The van der Waals surface area contributed by atoms with Gasteiger partial charge in [-0.15, -0.1) is 0 Å². The predicted molar refractivity (Wildman–Crippen MR) is 130 cm³/mol. The van der Waals surface area contributed by atoms with Gasteiger partial charge in [0.2, 0.25) is 0 Å². The lowest BCUT2D eigenvalue weighted by Gasteiger charge is -2.18. The van der Waals surface area contributed by atoms with Gasteiger partial charge in [-0.05, 0) is 35.1 Å². The summed E-state index contributed by atoms with van der Waals surface area (Å²) in [7, 11) is -3.67. The number of carbonyl (C=O) groups excluding carboxylic acids is 2. The second-order valence-corrected chi connectivity index (χ2v) is 10.3. The van der Waals surface area contributed by atoms with Gasteiger partial charge in [0.05, 0.1) is 27.1 Å². The van der Waals surface area contributed by atoms with E-state index in [-0.39, 0.29) is 29.2 Å². The van der Waals surface area contributed by atoms with Gasteiger partial charge in [-0.25, -0.2) is 8.78 Å². The number of alkyl halides is 3. The SMILES string of the molecule is COC(=O)Cc1c(O)cc(F)cc1C(C)C.COC(=O)Cc1c(OS(=O)(=O)C(F)(F)F)cc(F)cc1C(C)C. The Labute approximate surface area is 222 Å². The predicted octanol–water partition coefficient (Wildman–Crippen LogP) is 5.26. The molecule has 0 aromatic heterocycles. The molecular formula is C25H29F5O8S. The number of rotatable bonds is 8. The van der Waals surface area contributed by atoms with E-state index >= 15 is 0 Å². The summed E-state index contributed by atoms with van der Waals surface area (Å²) >= 11 is 0. The van der Waals surface area contributed by atoms with Crippen LogP contribution >= 0.6 is 0 Å². The zero-order valence-electron chi connectivity index (χ0n) is 22.0. The maximum atomic E-state index is 13.6. The molecule has 0 amide bonds. The van der Waals surface area contributed by atoms with E-state index in [1.165, 1.54) is 13.2 Å². The number of halogens is 5. The molecule has 0 atom stereocenters. The molecule has 8 nitrogen and oxygen atoms in total. The lowest BCUT2D eigenvalue weighted by Crippen LogP contribution is -2.28. The van der Waals surface area contributed by atoms with Gasteiger partial charge < -0.3 is 18.8 Å². The van der Waals surface area contributed by atoms with Crippen molar-refractivity contribution < 1.29 is 58.7 Å². The van der Waals surface area contributed by atoms with Crippen LogP contribution in [0.2, 0.25) is 0 Å². The van der Waals surface area contributed by atoms with Crippen LogP contribution in [-0.4, -0.2) is 45.2 Å². The van der Waals surface area contributed by atoms with Crippen molar-refractivity contribution in [3.63, 3.8) is 0 Å². The van der Waals surface area contributed by atoms with Crippen molar-refractivity contribution >= 4 is 22.1 Å². The van der Waals surface area contributed by atoms with Crippen molar-refractivity contribution in [1.82, 2.24) is 0 Å². The topological polar surface area (TPSA) is 116 Å². The molecular weight excluding hydrogens is 555 g/mol. The van der Waals surface area contributed by atoms with Crippen LogP contribution in [0.4, 0.5) is 22.0 Å². The minimum absolute atomic E-state index is 0.0289. The summed E-state index contributed by atoms with van der Waals surface area (Å²) < 4.78 is 99.2. The van der Waals surface area contributed by atoms with Gasteiger partial charge in [-0.1, -0.05) is 27.7 Å². The van der Waals surface area contributed by atoms with Crippen molar-refractivity contribution in [1.29, 1.82) is 0 Å². The Morgan fingerprint density at radius 2 is 1.23 bits per heavy atom. The molecule has 0 heterocycles. The molecule has 0 radical (unpaired) electrons.